The normalized spacial score (nSPS) is 10.9. The molecule has 3 aromatic heterocycles. The number of nitrogens with zero attached hydrogens (tertiary/aromatic N) is 3. The van der Waals surface area contributed by atoms with Crippen LogP contribution in [0.4, 0.5) is 0 Å². The molecule has 4 rings (SSSR count). The molecule has 0 saturated heterocycles. The van der Waals surface area contributed by atoms with E-state index in [1.165, 1.54) is 11.1 Å². The van der Waals surface area contributed by atoms with Crippen LogP contribution in [0.1, 0.15) is 11.3 Å². The van der Waals surface area contributed by atoms with Crippen LogP contribution in [0.5, 0.6) is 0 Å². The molecule has 1 N–H and O–H groups in total. The zero-order valence-corrected chi connectivity index (χ0v) is 12.0. The fraction of sp³-hybridized carbons (Fsp3) is 0.0556. The SMILES string of the molecule is Cc1ccccc1-c1cnc2[nH]c3cnc(C#N)cc3c2c1. The fourth-order valence-corrected chi connectivity index (χ4v) is 2.78. The quantitative estimate of drug-likeness (QED) is 0.575. The van der Waals surface area contributed by atoms with Crippen molar-refractivity contribution in [2.75, 3.05) is 0 Å². The molecule has 4 heteroatoms. The summed E-state index contributed by atoms with van der Waals surface area (Å²) in [5, 5.41) is 11.0. The highest BCUT2D eigenvalue weighted by Gasteiger charge is 2.09. The Bertz CT molecular complexity index is 1050. The Labute approximate surface area is 127 Å². The van der Waals surface area contributed by atoms with E-state index in [1.54, 1.807) is 12.3 Å². The number of pyridine rings is 2. The molecule has 4 nitrogen and oxygen atoms in total. The molecule has 1 aromatic carbocycles. The van der Waals surface area contributed by atoms with Gasteiger partial charge in [0.15, 0.2) is 0 Å². The van der Waals surface area contributed by atoms with Crippen molar-refractivity contribution in [1.82, 2.24) is 15.0 Å². The van der Waals surface area contributed by atoms with Gasteiger partial charge in [-0.25, -0.2) is 9.97 Å². The minimum atomic E-state index is 0.412. The lowest BCUT2D eigenvalue weighted by atomic mass is 10.0. The van der Waals surface area contributed by atoms with E-state index in [-0.39, 0.29) is 0 Å². The van der Waals surface area contributed by atoms with Gasteiger partial charge in [-0.05, 0) is 30.2 Å². The monoisotopic (exact) mass is 284 g/mol. The number of aryl methyl sites for hydroxylation is 1. The second-order valence-electron chi connectivity index (χ2n) is 5.29. The molecule has 22 heavy (non-hydrogen) atoms. The number of aromatic amines is 1. The van der Waals surface area contributed by atoms with E-state index in [2.05, 4.69) is 46.1 Å². The molecule has 0 fully saturated rings. The van der Waals surface area contributed by atoms with Gasteiger partial charge in [-0.15, -0.1) is 0 Å². The summed E-state index contributed by atoms with van der Waals surface area (Å²) in [4.78, 5) is 11.9. The fourth-order valence-electron chi connectivity index (χ4n) is 2.78. The molecule has 0 aliphatic carbocycles. The maximum atomic E-state index is 9.04. The Balaban J connectivity index is 2.02. The molecule has 0 unspecified atom stereocenters. The Morgan fingerprint density at radius 3 is 2.73 bits per heavy atom. The summed E-state index contributed by atoms with van der Waals surface area (Å²) in [5.74, 6) is 0. The maximum absolute atomic E-state index is 9.04. The van der Waals surface area contributed by atoms with Crippen LogP contribution in [0.25, 0.3) is 33.1 Å². The van der Waals surface area contributed by atoms with Gasteiger partial charge in [-0.2, -0.15) is 5.26 Å². The Hall–Kier alpha value is -3.19. The van der Waals surface area contributed by atoms with Crippen LogP contribution in [0.2, 0.25) is 0 Å². The second kappa shape index (κ2) is 4.68. The number of H-pyrrole nitrogens is 1. The largest absolute Gasteiger partial charge is 0.338 e. The third kappa shape index (κ3) is 1.84. The lowest BCUT2D eigenvalue weighted by Crippen LogP contribution is -1.85. The van der Waals surface area contributed by atoms with Gasteiger partial charge < -0.3 is 4.98 Å². The summed E-state index contributed by atoms with van der Waals surface area (Å²) in [6, 6.07) is 14.2. The van der Waals surface area contributed by atoms with Crippen LogP contribution in [0.3, 0.4) is 0 Å². The second-order valence-corrected chi connectivity index (χ2v) is 5.29. The predicted molar refractivity (Wildman–Crippen MR) is 86.3 cm³/mol. The first-order chi connectivity index (χ1) is 10.8. The standard InChI is InChI=1S/C18H12N4/c1-11-4-2-3-5-14(11)12-6-16-15-7-13(8-19)20-10-17(15)22-18(16)21-9-12/h2-7,9-10H,1H3,(H,21,22). The summed E-state index contributed by atoms with van der Waals surface area (Å²) in [7, 11) is 0. The lowest BCUT2D eigenvalue weighted by Gasteiger charge is -2.05. The first-order valence-corrected chi connectivity index (χ1v) is 7.00. The van der Waals surface area contributed by atoms with Crippen molar-refractivity contribution in [1.29, 1.82) is 5.26 Å². The molecule has 0 bridgehead atoms. The smallest absolute Gasteiger partial charge is 0.141 e. The first kappa shape index (κ1) is 12.5. The van der Waals surface area contributed by atoms with Gasteiger partial charge in [0.2, 0.25) is 0 Å². The zero-order chi connectivity index (χ0) is 15.1. The van der Waals surface area contributed by atoms with E-state index < -0.39 is 0 Å². The highest BCUT2D eigenvalue weighted by Crippen LogP contribution is 2.29. The number of benzene rings is 1. The van der Waals surface area contributed by atoms with E-state index in [0.717, 1.165) is 27.5 Å². The molecular formula is C18H12N4. The minimum absolute atomic E-state index is 0.412. The number of hydrogen-bond acceptors (Lipinski definition) is 3. The summed E-state index contributed by atoms with van der Waals surface area (Å²) in [6.07, 6.45) is 3.56. The highest BCUT2D eigenvalue weighted by molar-refractivity contribution is 6.07. The molecule has 0 radical (unpaired) electrons. The van der Waals surface area contributed by atoms with Gasteiger partial charge in [0.1, 0.15) is 17.4 Å². The van der Waals surface area contributed by atoms with Gasteiger partial charge in [0.25, 0.3) is 0 Å². The van der Waals surface area contributed by atoms with Crippen LogP contribution in [-0.2, 0) is 0 Å². The first-order valence-electron chi connectivity index (χ1n) is 7.00. The van der Waals surface area contributed by atoms with Gasteiger partial charge in [-0.1, -0.05) is 24.3 Å². The third-order valence-electron chi connectivity index (χ3n) is 3.91. The van der Waals surface area contributed by atoms with Gasteiger partial charge in [0, 0.05) is 22.5 Å². The average Bonchev–Trinajstić information content (AvgIpc) is 2.92. The van der Waals surface area contributed by atoms with Crippen molar-refractivity contribution in [3.8, 4) is 17.2 Å². The molecule has 0 spiro atoms. The van der Waals surface area contributed by atoms with Crippen LogP contribution in [0, 0.1) is 18.3 Å². The number of fused-ring (bicyclic) bond motifs is 3. The van der Waals surface area contributed by atoms with E-state index in [0.29, 0.717) is 5.69 Å². The molecule has 0 atom stereocenters. The van der Waals surface area contributed by atoms with Crippen molar-refractivity contribution in [2.45, 2.75) is 6.92 Å². The van der Waals surface area contributed by atoms with Crippen molar-refractivity contribution in [3.05, 3.63) is 60.0 Å². The molecule has 0 aliphatic rings. The lowest BCUT2D eigenvalue weighted by molar-refractivity contribution is 1.27. The third-order valence-corrected chi connectivity index (χ3v) is 3.91. The van der Waals surface area contributed by atoms with Gasteiger partial charge in [-0.3, -0.25) is 0 Å². The number of nitriles is 1. The van der Waals surface area contributed by atoms with Crippen molar-refractivity contribution >= 4 is 21.9 Å². The average molecular weight is 284 g/mol. The van der Waals surface area contributed by atoms with E-state index in [4.69, 9.17) is 5.26 Å². The van der Waals surface area contributed by atoms with Crippen LogP contribution < -0.4 is 0 Å². The topological polar surface area (TPSA) is 65.4 Å². The highest BCUT2D eigenvalue weighted by atomic mass is 14.9. The number of nitrogens with one attached hydrogen (secondary N) is 1. The molecule has 0 saturated carbocycles. The van der Waals surface area contributed by atoms with Crippen LogP contribution in [0.15, 0.2) is 48.8 Å². The van der Waals surface area contributed by atoms with Gasteiger partial charge >= 0.3 is 0 Å². The van der Waals surface area contributed by atoms with E-state index in [1.807, 2.05) is 18.3 Å². The molecule has 3 heterocycles. The van der Waals surface area contributed by atoms with E-state index >= 15 is 0 Å². The molecule has 0 aliphatic heterocycles. The maximum Gasteiger partial charge on any atom is 0.141 e. The minimum Gasteiger partial charge on any atom is -0.338 e. The summed E-state index contributed by atoms with van der Waals surface area (Å²) in [5.41, 5.74) is 5.56. The van der Waals surface area contributed by atoms with Crippen molar-refractivity contribution in [3.63, 3.8) is 0 Å². The molecule has 4 aromatic rings. The number of aromatic nitrogens is 3. The Kier molecular flexibility index (Phi) is 2.67. The summed E-state index contributed by atoms with van der Waals surface area (Å²) < 4.78 is 0. The number of rotatable bonds is 1. The zero-order valence-electron chi connectivity index (χ0n) is 12.0. The van der Waals surface area contributed by atoms with Crippen LogP contribution >= 0.6 is 0 Å². The summed E-state index contributed by atoms with van der Waals surface area (Å²) >= 11 is 0. The van der Waals surface area contributed by atoms with Crippen molar-refractivity contribution in [2.24, 2.45) is 0 Å². The Morgan fingerprint density at radius 1 is 1.05 bits per heavy atom. The Morgan fingerprint density at radius 2 is 1.91 bits per heavy atom. The van der Waals surface area contributed by atoms with Crippen molar-refractivity contribution < 1.29 is 0 Å². The molecule has 0 amide bonds. The van der Waals surface area contributed by atoms with Crippen LogP contribution in [-0.4, -0.2) is 15.0 Å². The molecular weight excluding hydrogens is 272 g/mol. The van der Waals surface area contributed by atoms with Gasteiger partial charge in [0.05, 0.1) is 11.7 Å². The number of hydrogen-bond donors (Lipinski definition) is 1. The molecule has 104 valence electrons. The summed E-state index contributed by atoms with van der Waals surface area (Å²) in [6.45, 7) is 2.09. The predicted octanol–water partition coefficient (Wildman–Crippen LogP) is 3.96. The van der Waals surface area contributed by atoms with E-state index in [9.17, 15) is 0 Å².